The fraction of sp³-hybridized carbons (Fsp3) is 0.286. The Hall–Kier alpha value is -3.35. The number of furan rings is 1. The average molecular weight is 381 g/mol. The first-order chi connectivity index (χ1) is 13.4. The summed E-state index contributed by atoms with van der Waals surface area (Å²) in [7, 11) is 0. The van der Waals surface area contributed by atoms with Crippen molar-refractivity contribution in [2.75, 3.05) is 0 Å². The van der Waals surface area contributed by atoms with Crippen molar-refractivity contribution in [2.24, 2.45) is 5.92 Å². The third-order valence-electron chi connectivity index (χ3n) is 4.33. The van der Waals surface area contributed by atoms with Crippen molar-refractivity contribution in [3.05, 3.63) is 65.7 Å². The monoisotopic (exact) mass is 381 g/mol. The Balaban J connectivity index is 1.65. The SMILES string of the molecule is Cc1ccc(-c2cc(C(=O)N[C@@H](C(=O)NCc3ccco3)C(C)C)no2)cc1. The summed E-state index contributed by atoms with van der Waals surface area (Å²) < 4.78 is 10.5. The molecule has 0 aliphatic heterocycles. The second kappa shape index (κ2) is 8.56. The molecule has 0 radical (unpaired) electrons. The number of nitrogens with zero attached hydrogens (tertiary/aromatic N) is 1. The van der Waals surface area contributed by atoms with Gasteiger partial charge in [0.2, 0.25) is 5.91 Å². The molecule has 1 aromatic carbocycles. The van der Waals surface area contributed by atoms with Crippen molar-refractivity contribution < 1.29 is 18.5 Å². The van der Waals surface area contributed by atoms with Crippen molar-refractivity contribution in [2.45, 2.75) is 33.4 Å². The topological polar surface area (TPSA) is 97.4 Å². The normalized spacial score (nSPS) is 12.0. The van der Waals surface area contributed by atoms with E-state index in [1.54, 1.807) is 24.5 Å². The Morgan fingerprint density at radius 3 is 2.54 bits per heavy atom. The molecule has 28 heavy (non-hydrogen) atoms. The molecule has 0 spiro atoms. The Morgan fingerprint density at radius 1 is 1.14 bits per heavy atom. The van der Waals surface area contributed by atoms with Crippen molar-refractivity contribution in [3.63, 3.8) is 0 Å². The van der Waals surface area contributed by atoms with Crippen LogP contribution in [0.25, 0.3) is 11.3 Å². The lowest BCUT2D eigenvalue weighted by atomic mass is 10.0. The van der Waals surface area contributed by atoms with E-state index < -0.39 is 11.9 Å². The highest BCUT2D eigenvalue weighted by molar-refractivity contribution is 5.96. The third-order valence-corrected chi connectivity index (χ3v) is 4.33. The standard InChI is InChI=1S/C21H23N3O4/c1-13(2)19(21(26)22-12-16-5-4-10-27-16)23-20(25)17-11-18(28-24-17)15-8-6-14(3)7-9-15/h4-11,13,19H,12H2,1-3H3,(H,22,26)(H,23,25)/t19-/m1/s1. The highest BCUT2D eigenvalue weighted by atomic mass is 16.5. The molecule has 2 heterocycles. The largest absolute Gasteiger partial charge is 0.467 e. The van der Waals surface area contributed by atoms with Gasteiger partial charge in [0.15, 0.2) is 11.5 Å². The molecule has 146 valence electrons. The fourth-order valence-electron chi connectivity index (χ4n) is 2.68. The van der Waals surface area contributed by atoms with Crippen LogP contribution in [0.3, 0.4) is 0 Å². The molecule has 7 heteroatoms. The molecule has 0 saturated heterocycles. The number of hydrogen-bond acceptors (Lipinski definition) is 5. The van der Waals surface area contributed by atoms with Gasteiger partial charge >= 0.3 is 0 Å². The van der Waals surface area contributed by atoms with Crippen LogP contribution < -0.4 is 10.6 Å². The van der Waals surface area contributed by atoms with E-state index in [2.05, 4.69) is 15.8 Å². The number of amides is 2. The van der Waals surface area contributed by atoms with Crippen LogP contribution in [0.2, 0.25) is 0 Å². The van der Waals surface area contributed by atoms with Gasteiger partial charge in [-0.3, -0.25) is 9.59 Å². The van der Waals surface area contributed by atoms with Crippen LogP contribution in [0.5, 0.6) is 0 Å². The van der Waals surface area contributed by atoms with E-state index in [-0.39, 0.29) is 24.1 Å². The van der Waals surface area contributed by atoms with E-state index in [1.165, 1.54) is 0 Å². The third kappa shape index (κ3) is 4.68. The maximum atomic E-state index is 12.6. The number of aromatic nitrogens is 1. The van der Waals surface area contributed by atoms with Crippen LogP contribution >= 0.6 is 0 Å². The minimum atomic E-state index is -0.706. The molecule has 0 unspecified atom stereocenters. The number of hydrogen-bond donors (Lipinski definition) is 2. The first-order valence-electron chi connectivity index (χ1n) is 9.08. The van der Waals surface area contributed by atoms with Crippen LogP contribution in [-0.2, 0) is 11.3 Å². The molecule has 0 fully saturated rings. The van der Waals surface area contributed by atoms with E-state index in [0.717, 1.165) is 11.1 Å². The maximum absolute atomic E-state index is 12.6. The molecule has 3 aromatic rings. The molecule has 1 atom stereocenters. The van der Waals surface area contributed by atoms with Gasteiger partial charge in [0.05, 0.1) is 12.8 Å². The van der Waals surface area contributed by atoms with E-state index >= 15 is 0 Å². The number of rotatable bonds is 7. The van der Waals surface area contributed by atoms with Gasteiger partial charge in [-0.1, -0.05) is 48.8 Å². The molecule has 3 rings (SSSR count). The summed E-state index contributed by atoms with van der Waals surface area (Å²) in [5.74, 6) is 0.273. The van der Waals surface area contributed by atoms with E-state index in [0.29, 0.717) is 11.5 Å². The van der Waals surface area contributed by atoms with Crippen LogP contribution in [0, 0.1) is 12.8 Å². The lowest BCUT2D eigenvalue weighted by Crippen LogP contribution is -2.49. The zero-order valence-electron chi connectivity index (χ0n) is 16.1. The van der Waals surface area contributed by atoms with Crippen LogP contribution in [0.15, 0.2) is 57.7 Å². The summed E-state index contributed by atoms with van der Waals surface area (Å²) >= 11 is 0. The summed E-state index contributed by atoms with van der Waals surface area (Å²) in [5, 5.41) is 9.34. The van der Waals surface area contributed by atoms with Crippen molar-refractivity contribution in [3.8, 4) is 11.3 Å². The van der Waals surface area contributed by atoms with Gasteiger partial charge in [0.1, 0.15) is 11.8 Å². The van der Waals surface area contributed by atoms with Gasteiger partial charge in [-0.15, -0.1) is 0 Å². The molecule has 7 nitrogen and oxygen atoms in total. The zero-order chi connectivity index (χ0) is 20.1. The minimum absolute atomic E-state index is 0.107. The van der Waals surface area contributed by atoms with E-state index in [9.17, 15) is 9.59 Å². The van der Waals surface area contributed by atoms with Gasteiger partial charge < -0.3 is 19.6 Å². The predicted octanol–water partition coefficient (Wildman–Crippen LogP) is 3.31. The average Bonchev–Trinajstić information content (AvgIpc) is 3.36. The molecule has 0 aliphatic rings. The molecule has 2 amide bonds. The minimum Gasteiger partial charge on any atom is -0.467 e. The summed E-state index contributed by atoms with van der Waals surface area (Å²) in [4.78, 5) is 25.1. The van der Waals surface area contributed by atoms with Crippen LogP contribution in [0.1, 0.15) is 35.7 Å². The number of aryl methyl sites for hydroxylation is 1. The first kappa shape index (κ1) is 19.4. The summed E-state index contributed by atoms with van der Waals surface area (Å²) in [5.41, 5.74) is 2.08. The van der Waals surface area contributed by atoms with E-state index in [1.807, 2.05) is 45.0 Å². The fourth-order valence-corrected chi connectivity index (χ4v) is 2.68. The number of carbonyl (C=O) groups is 2. The van der Waals surface area contributed by atoms with Crippen molar-refractivity contribution in [1.29, 1.82) is 0 Å². The number of carbonyl (C=O) groups excluding carboxylic acids is 2. The summed E-state index contributed by atoms with van der Waals surface area (Å²) in [6.07, 6.45) is 1.54. The summed E-state index contributed by atoms with van der Waals surface area (Å²) in [6.45, 7) is 5.97. The van der Waals surface area contributed by atoms with Gasteiger partial charge in [0, 0.05) is 11.6 Å². The van der Waals surface area contributed by atoms with Gasteiger partial charge in [-0.25, -0.2) is 0 Å². The number of nitrogens with one attached hydrogen (secondary N) is 2. The van der Waals surface area contributed by atoms with Gasteiger partial charge in [0.25, 0.3) is 5.91 Å². The molecule has 0 bridgehead atoms. The first-order valence-corrected chi connectivity index (χ1v) is 9.08. The second-order valence-electron chi connectivity index (χ2n) is 6.93. The molecular formula is C21H23N3O4. The Bertz CT molecular complexity index is 927. The van der Waals surface area contributed by atoms with Crippen LogP contribution in [0.4, 0.5) is 0 Å². The second-order valence-corrected chi connectivity index (χ2v) is 6.93. The molecule has 0 saturated carbocycles. The highest BCUT2D eigenvalue weighted by Crippen LogP contribution is 2.21. The van der Waals surface area contributed by atoms with Crippen molar-refractivity contribution in [1.82, 2.24) is 15.8 Å². The lowest BCUT2D eigenvalue weighted by molar-refractivity contribution is -0.124. The molecular weight excluding hydrogens is 358 g/mol. The lowest BCUT2D eigenvalue weighted by Gasteiger charge is -2.20. The Morgan fingerprint density at radius 2 is 1.89 bits per heavy atom. The van der Waals surface area contributed by atoms with Crippen molar-refractivity contribution >= 4 is 11.8 Å². The van der Waals surface area contributed by atoms with E-state index in [4.69, 9.17) is 8.94 Å². The Kier molecular flexibility index (Phi) is 5.93. The van der Waals surface area contributed by atoms with Crippen LogP contribution in [-0.4, -0.2) is 23.0 Å². The maximum Gasteiger partial charge on any atom is 0.274 e. The molecule has 0 aliphatic carbocycles. The Labute approximate surface area is 163 Å². The molecule has 2 aromatic heterocycles. The molecule has 2 N–H and O–H groups in total. The summed E-state index contributed by atoms with van der Waals surface area (Å²) in [6, 6.07) is 12.1. The predicted molar refractivity (Wildman–Crippen MR) is 103 cm³/mol. The quantitative estimate of drug-likeness (QED) is 0.654. The van der Waals surface area contributed by atoms with Gasteiger partial charge in [-0.2, -0.15) is 0 Å². The smallest absolute Gasteiger partial charge is 0.274 e. The van der Waals surface area contributed by atoms with Gasteiger partial charge in [-0.05, 0) is 25.0 Å². The zero-order valence-corrected chi connectivity index (χ0v) is 16.1. The highest BCUT2D eigenvalue weighted by Gasteiger charge is 2.26. The number of benzene rings is 1.